The molecule has 0 aliphatic carbocycles. The molecule has 1 N–H and O–H groups in total. The van der Waals surface area contributed by atoms with E-state index >= 15 is 0 Å². The summed E-state index contributed by atoms with van der Waals surface area (Å²) in [7, 11) is 0. The lowest BCUT2D eigenvalue weighted by Gasteiger charge is -2.32. The molecule has 0 spiro atoms. The first-order valence-electron chi connectivity index (χ1n) is 8.16. The Morgan fingerprint density at radius 2 is 1.96 bits per heavy atom. The van der Waals surface area contributed by atoms with E-state index in [1.54, 1.807) is 24.3 Å². The Kier molecular flexibility index (Phi) is 5.56. The molecule has 0 bridgehead atoms. The van der Waals surface area contributed by atoms with Crippen molar-refractivity contribution < 1.29 is 9.59 Å². The average Bonchev–Trinajstić information content (AvgIpc) is 2.68. The van der Waals surface area contributed by atoms with Crippen molar-refractivity contribution in [3.05, 3.63) is 78.4 Å². The van der Waals surface area contributed by atoms with E-state index < -0.39 is 0 Å². The summed E-state index contributed by atoms with van der Waals surface area (Å²) in [6.07, 6.45) is 1.21. The van der Waals surface area contributed by atoms with E-state index in [0.29, 0.717) is 23.0 Å². The van der Waals surface area contributed by atoms with Crippen LogP contribution in [0.15, 0.2) is 67.3 Å². The van der Waals surface area contributed by atoms with E-state index in [4.69, 9.17) is 0 Å². The van der Waals surface area contributed by atoms with Gasteiger partial charge in [-0.1, -0.05) is 43.0 Å². The number of hydrogen-bond acceptors (Lipinski definition) is 3. The first kappa shape index (κ1) is 17.3. The standard InChI is InChI=1S/C20H20N2O2S/c1-2-19(23)21-17-10-6-9-16(13-17)20(24)22-11-12-25-18(14-22)15-7-4-3-5-8-15/h2-10,13,18H,1,11-12,14H2,(H,21,23). The zero-order valence-electron chi connectivity index (χ0n) is 13.9. The fraction of sp³-hybridized carbons (Fsp3) is 0.200. The Balaban J connectivity index is 1.73. The van der Waals surface area contributed by atoms with Gasteiger partial charge in [0.25, 0.3) is 5.91 Å². The Bertz CT molecular complexity index is 776. The monoisotopic (exact) mass is 352 g/mol. The van der Waals surface area contributed by atoms with Crippen LogP contribution < -0.4 is 5.32 Å². The van der Waals surface area contributed by atoms with Crippen LogP contribution in [0.25, 0.3) is 0 Å². The number of amides is 2. The highest BCUT2D eigenvalue weighted by Crippen LogP contribution is 2.33. The minimum absolute atomic E-state index is 0.00377. The van der Waals surface area contributed by atoms with Crippen molar-refractivity contribution >= 4 is 29.3 Å². The molecule has 3 rings (SSSR count). The van der Waals surface area contributed by atoms with Crippen LogP contribution in [0.3, 0.4) is 0 Å². The highest BCUT2D eigenvalue weighted by atomic mass is 32.2. The van der Waals surface area contributed by atoms with E-state index in [-0.39, 0.29) is 11.8 Å². The van der Waals surface area contributed by atoms with Crippen LogP contribution in [0.2, 0.25) is 0 Å². The predicted molar refractivity (Wildman–Crippen MR) is 103 cm³/mol. The van der Waals surface area contributed by atoms with Crippen LogP contribution in [-0.4, -0.2) is 35.6 Å². The smallest absolute Gasteiger partial charge is 0.254 e. The van der Waals surface area contributed by atoms with Crippen molar-refractivity contribution in [2.24, 2.45) is 0 Å². The van der Waals surface area contributed by atoms with Crippen molar-refractivity contribution in [3.8, 4) is 0 Å². The normalized spacial score (nSPS) is 17.0. The van der Waals surface area contributed by atoms with Crippen molar-refractivity contribution in [2.75, 3.05) is 24.2 Å². The summed E-state index contributed by atoms with van der Waals surface area (Å²) in [5, 5.41) is 2.99. The van der Waals surface area contributed by atoms with E-state index in [1.807, 2.05) is 34.9 Å². The van der Waals surface area contributed by atoms with Crippen LogP contribution in [0.4, 0.5) is 5.69 Å². The Morgan fingerprint density at radius 3 is 2.72 bits per heavy atom. The molecule has 1 atom stereocenters. The molecule has 1 fully saturated rings. The Morgan fingerprint density at radius 1 is 1.16 bits per heavy atom. The molecule has 5 heteroatoms. The molecule has 1 heterocycles. The van der Waals surface area contributed by atoms with Crippen molar-refractivity contribution in [3.63, 3.8) is 0 Å². The van der Waals surface area contributed by atoms with Crippen molar-refractivity contribution in [2.45, 2.75) is 5.25 Å². The zero-order valence-corrected chi connectivity index (χ0v) is 14.7. The third-order valence-corrected chi connectivity index (χ3v) is 5.33. The van der Waals surface area contributed by atoms with Crippen molar-refractivity contribution in [1.82, 2.24) is 4.90 Å². The third kappa shape index (κ3) is 4.31. The van der Waals surface area contributed by atoms with Gasteiger partial charge < -0.3 is 10.2 Å². The van der Waals surface area contributed by atoms with Gasteiger partial charge in [-0.3, -0.25) is 9.59 Å². The van der Waals surface area contributed by atoms with Gasteiger partial charge in [0.1, 0.15) is 0 Å². The Labute approximate surface area is 151 Å². The highest BCUT2D eigenvalue weighted by molar-refractivity contribution is 7.99. The van der Waals surface area contributed by atoms with E-state index in [1.165, 1.54) is 11.6 Å². The summed E-state index contributed by atoms with van der Waals surface area (Å²) in [6, 6.07) is 17.3. The maximum absolute atomic E-state index is 12.9. The van der Waals surface area contributed by atoms with Crippen LogP contribution in [-0.2, 0) is 4.79 Å². The minimum atomic E-state index is -0.289. The lowest BCUT2D eigenvalue weighted by Crippen LogP contribution is -2.39. The van der Waals surface area contributed by atoms with Gasteiger partial charge in [-0.05, 0) is 29.8 Å². The van der Waals surface area contributed by atoms with Gasteiger partial charge in [0.05, 0.1) is 0 Å². The molecule has 128 valence electrons. The van der Waals surface area contributed by atoms with E-state index in [9.17, 15) is 9.59 Å². The van der Waals surface area contributed by atoms with Crippen LogP contribution in [0.1, 0.15) is 21.2 Å². The fourth-order valence-electron chi connectivity index (χ4n) is 2.81. The molecule has 1 aliphatic heterocycles. The third-order valence-electron chi connectivity index (χ3n) is 4.09. The molecule has 1 unspecified atom stereocenters. The summed E-state index contributed by atoms with van der Waals surface area (Å²) < 4.78 is 0. The molecule has 0 saturated carbocycles. The highest BCUT2D eigenvalue weighted by Gasteiger charge is 2.26. The summed E-state index contributed by atoms with van der Waals surface area (Å²) in [4.78, 5) is 26.2. The van der Waals surface area contributed by atoms with Gasteiger partial charge in [0.15, 0.2) is 0 Å². The molecule has 4 nitrogen and oxygen atoms in total. The fourth-order valence-corrected chi connectivity index (χ4v) is 4.05. The first-order valence-corrected chi connectivity index (χ1v) is 9.21. The summed E-state index contributed by atoms with van der Waals surface area (Å²) in [5.41, 5.74) is 2.43. The maximum Gasteiger partial charge on any atom is 0.254 e. The van der Waals surface area contributed by atoms with Crippen molar-refractivity contribution in [1.29, 1.82) is 0 Å². The minimum Gasteiger partial charge on any atom is -0.336 e. The molecule has 2 aromatic rings. The average molecular weight is 352 g/mol. The number of carbonyl (C=O) groups is 2. The van der Waals surface area contributed by atoms with Gasteiger partial charge >= 0.3 is 0 Å². The van der Waals surface area contributed by atoms with Gasteiger partial charge in [-0.2, -0.15) is 11.8 Å². The van der Waals surface area contributed by atoms with Gasteiger partial charge in [0.2, 0.25) is 5.91 Å². The van der Waals surface area contributed by atoms with Crippen LogP contribution in [0, 0.1) is 0 Å². The summed E-state index contributed by atoms with van der Waals surface area (Å²) in [5.74, 6) is 0.622. The SMILES string of the molecule is C=CC(=O)Nc1cccc(C(=O)N2CCSC(c3ccccc3)C2)c1. The second-order valence-corrected chi connectivity index (χ2v) is 7.11. The lowest BCUT2D eigenvalue weighted by atomic mass is 10.1. The molecule has 1 saturated heterocycles. The van der Waals surface area contributed by atoms with Crippen LogP contribution in [0.5, 0.6) is 0 Å². The number of thioether (sulfide) groups is 1. The molecular weight excluding hydrogens is 332 g/mol. The number of nitrogens with one attached hydrogen (secondary N) is 1. The van der Waals surface area contributed by atoms with Gasteiger partial charge in [-0.15, -0.1) is 0 Å². The molecule has 0 radical (unpaired) electrons. The number of hydrogen-bond donors (Lipinski definition) is 1. The molecule has 2 amide bonds. The molecular formula is C20H20N2O2S. The number of nitrogens with zero attached hydrogens (tertiary/aromatic N) is 1. The molecule has 1 aliphatic rings. The number of benzene rings is 2. The van der Waals surface area contributed by atoms with E-state index in [2.05, 4.69) is 24.0 Å². The number of rotatable bonds is 4. The maximum atomic E-state index is 12.9. The molecule has 2 aromatic carbocycles. The van der Waals surface area contributed by atoms with E-state index in [0.717, 1.165) is 12.3 Å². The Hall–Kier alpha value is -2.53. The number of carbonyl (C=O) groups excluding carboxylic acids is 2. The van der Waals surface area contributed by atoms with Gasteiger partial charge in [-0.25, -0.2) is 0 Å². The first-order chi connectivity index (χ1) is 12.2. The second kappa shape index (κ2) is 8.03. The zero-order chi connectivity index (χ0) is 17.6. The second-order valence-electron chi connectivity index (χ2n) is 5.80. The quantitative estimate of drug-likeness (QED) is 0.853. The lowest BCUT2D eigenvalue weighted by molar-refractivity contribution is -0.111. The summed E-state index contributed by atoms with van der Waals surface area (Å²) >= 11 is 1.89. The molecule has 25 heavy (non-hydrogen) atoms. The predicted octanol–water partition coefficient (Wildman–Crippen LogP) is 3.74. The summed E-state index contributed by atoms with van der Waals surface area (Å²) in [6.45, 7) is 4.86. The largest absolute Gasteiger partial charge is 0.336 e. The molecule has 0 aromatic heterocycles. The van der Waals surface area contributed by atoms with Crippen LogP contribution >= 0.6 is 11.8 Å². The topological polar surface area (TPSA) is 49.4 Å². The van der Waals surface area contributed by atoms with Gasteiger partial charge in [0, 0.05) is 35.3 Å². The number of anilines is 1.